The Kier molecular flexibility index (Phi) is 7.00. The summed E-state index contributed by atoms with van der Waals surface area (Å²) in [4.78, 5) is 29.0. The molecule has 0 radical (unpaired) electrons. The normalized spacial score (nSPS) is 11.0. The monoisotopic (exact) mass is 393 g/mol. The number of anilines is 1. The van der Waals surface area contributed by atoms with Gasteiger partial charge in [-0.1, -0.05) is 32.0 Å². The van der Waals surface area contributed by atoms with Gasteiger partial charge >= 0.3 is 0 Å². The summed E-state index contributed by atoms with van der Waals surface area (Å²) in [6.07, 6.45) is 3.40. The van der Waals surface area contributed by atoms with Crippen molar-refractivity contribution >= 4 is 22.5 Å². The lowest BCUT2D eigenvalue weighted by Gasteiger charge is -2.10. The first-order valence-electron chi connectivity index (χ1n) is 10.00. The number of carbonyl (C=O) groups excluding carboxylic acids is 1. The van der Waals surface area contributed by atoms with Crippen LogP contribution in [0, 0.1) is 5.92 Å². The van der Waals surface area contributed by atoms with Crippen molar-refractivity contribution in [3.05, 3.63) is 65.2 Å². The van der Waals surface area contributed by atoms with Gasteiger partial charge in [0.2, 0.25) is 5.91 Å². The van der Waals surface area contributed by atoms with Gasteiger partial charge in [0.05, 0.1) is 23.8 Å². The second-order valence-electron chi connectivity index (χ2n) is 7.47. The number of ether oxygens (including phenoxy) is 1. The van der Waals surface area contributed by atoms with Crippen molar-refractivity contribution in [3.8, 4) is 5.75 Å². The molecular formula is C23H27N3O3. The molecule has 0 aliphatic carbocycles. The van der Waals surface area contributed by atoms with E-state index in [2.05, 4.69) is 24.1 Å². The molecule has 0 spiro atoms. The second kappa shape index (κ2) is 9.87. The Morgan fingerprint density at radius 3 is 2.83 bits per heavy atom. The average molecular weight is 393 g/mol. The van der Waals surface area contributed by atoms with Crippen LogP contribution in [0.25, 0.3) is 10.9 Å². The number of rotatable bonds is 9. The maximum atomic E-state index is 12.5. The molecule has 1 amide bonds. The van der Waals surface area contributed by atoms with Crippen LogP contribution in [0.1, 0.15) is 33.1 Å². The van der Waals surface area contributed by atoms with E-state index in [0.717, 1.165) is 12.2 Å². The lowest BCUT2D eigenvalue weighted by Crippen LogP contribution is -2.21. The maximum absolute atomic E-state index is 12.5. The van der Waals surface area contributed by atoms with Gasteiger partial charge in [-0.3, -0.25) is 14.2 Å². The summed E-state index contributed by atoms with van der Waals surface area (Å²) in [5.74, 6) is 1.24. The summed E-state index contributed by atoms with van der Waals surface area (Å²) in [5.41, 5.74) is 1.31. The van der Waals surface area contributed by atoms with E-state index in [-0.39, 0.29) is 11.5 Å². The molecule has 3 aromatic rings. The van der Waals surface area contributed by atoms with Crippen LogP contribution >= 0.6 is 0 Å². The zero-order chi connectivity index (χ0) is 20.6. The summed E-state index contributed by atoms with van der Waals surface area (Å²) in [5, 5.41) is 3.48. The fourth-order valence-electron chi connectivity index (χ4n) is 2.97. The first-order valence-corrected chi connectivity index (χ1v) is 10.00. The highest BCUT2D eigenvalue weighted by Gasteiger charge is 2.07. The fraction of sp³-hybridized carbons (Fsp3) is 0.348. The van der Waals surface area contributed by atoms with Crippen LogP contribution in [0.4, 0.5) is 5.69 Å². The number of aryl methyl sites for hydroxylation is 1. The topological polar surface area (TPSA) is 73.2 Å². The van der Waals surface area contributed by atoms with Crippen LogP contribution in [-0.2, 0) is 11.3 Å². The third-order valence-electron chi connectivity index (χ3n) is 4.62. The average Bonchev–Trinajstić information content (AvgIpc) is 2.70. The van der Waals surface area contributed by atoms with Crippen LogP contribution in [0.5, 0.6) is 5.75 Å². The standard InChI is InChI=1S/C23H27N3O3/c1-17(2)12-14-29-19-8-5-7-18(15-19)25-22(27)11-6-13-26-16-24-21-10-4-3-9-20(21)23(26)28/h3-5,7-10,15-17H,6,11-14H2,1-2H3,(H,25,27). The number of carbonyl (C=O) groups is 1. The molecule has 2 aromatic carbocycles. The van der Waals surface area contributed by atoms with E-state index < -0.39 is 0 Å². The molecule has 6 nitrogen and oxygen atoms in total. The molecule has 0 saturated carbocycles. The SMILES string of the molecule is CC(C)CCOc1cccc(NC(=O)CCCn2cnc3ccccc3c2=O)c1. The number of hydrogen-bond donors (Lipinski definition) is 1. The molecular weight excluding hydrogens is 366 g/mol. The Morgan fingerprint density at radius 2 is 2.00 bits per heavy atom. The third kappa shape index (κ3) is 5.91. The summed E-state index contributed by atoms with van der Waals surface area (Å²) in [7, 11) is 0. The highest BCUT2D eigenvalue weighted by Crippen LogP contribution is 2.18. The Bertz CT molecular complexity index is 1030. The largest absolute Gasteiger partial charge is 0.494 e. The Balaban J connectivity index is 1.50. The predicted molar refractivity (Wildman–Crippen MR) is 115 cm³/mol. The van der Waals surface area contributed by atoms with Gasteiger partial charge in [-0.25, -0.2) is 4.98 Å². The van der Waals surface area contributed by atoms with Gasteiger partial charge in [0, 0.05) is 24.7 Å². The Morgan fingerprint density at radius 1 is 1.17 bits per heavy atom. The molecule has 0 atom stereocenters. The van der Waals surface area contributed by atoms with Crippen molar-refractivity contribution in [2.45, 2.75) is 39.7 Å². The van der Waals surface area contributed by atoms with Crippen LogP contribution in [0.15, 0.2) is 59.7 Å². The van der Waals surface area contributed by atoms with Crippen molar-refractivity contribution in [2.24, 2.45) is 5.92 Å². The Labute approximate surface area is 170 Å². The quantitative estimate of drug-likeness (QED) is 0.590. The van der Waals surface area contributed by atoms with Crippen LogP contribution in [0.2, 0.25) is 0 Å². The van der Waals surface area contributed by atoms with Crippen molar-refractivity contribution < 1.29 is 9.53 Å². The first kappa shape index (κ1) is 20.6. The smallest absolute Gasteiger partial charge is 0.261 e. The molecule has 0 unspecified atom stereocenters. The minimum atomic E-state index is -0.0915. The van der Waals surface area contributed by atoms with Crippen LogP contribution in [-0.4, -0.2) is 22.1 Å². The van der Waals surface area contributed by atoms with E-state index in [1.807, 2.05) is 42.5 Å². The number of nitrogens with one attached hydrogen (secondary N) is 1. The second-order valence-corrected chi connectivity index (χ2v) is 7.47. The number of nitrogens with zero attached hydrogens (tertiary/aromatic N) is 2. The van der Waals surface area contributed by atoms with E-state index in [0.29, 0.717) is 48.5 Å². The van der Waals surface area contributed by atoms with Gasteiger partial charge < -0.3 is 10.1 Å². The molecule has 0 bridgehead atoms. The molecule has 152 valence electrons. The number of aromatic nitrogens is 2. The van der Waals surface area contributed by atoms with Crippen LogP contribution < -0.4 is 15.6 Å². The molecule has 0 aliphatic rings. The van der Waals surface area contributed by atoms with Gasteiger partial charge in [-0.2, -0.15) is 0 Å². The van der Waals surface area contributed by atoms with E-state index in [1.165, 1.54) is 0 Å². The summed E-state index contributed by atoms with van der Waals surface area (Å²) >= 11 is 0. The summed E-state index contributed by atoms with van der Waals surface area (Å²) < 4.78 is 7.28. The maximum Gasteiger partial charge on any atom is 0.261 e. The number of para-hydroxylation sites is 1. The fourth-order valence-corrected chi connectivity index (χ4v) is 2.97. The molecule has 0 fully saturated rings. The molecule has 1 aromatic heterocycles. The third-order valence-corrected chi connectivity index (χ3v) is 4.62. The van der Waals surface area contributed by atoms with Crippen molar-refractivity contribution in [1.29, 1.82) is 0 Å². The van der Waals surface area contributed by atoms with Gasteiger partial charge in [0.1, 0.15) is 5.75 Å². The lowest BCUT2D eigenvalue weighted by molar-refractivity contribution is -0.116. The van der Waals surface area contributed by atoms with Gasteiger partial charge in [-0.15, -0.1) is 0 Å². The minimum Gasteiger partial charge on any atom is -0.494 e. The van der Waals surface area contributed by atoms with Gasteiger partial charge in [0.25, 0.3) is 5.56 Å². The van der Waals surface area contributed by atoms with Crippen molar-refractivity contribution in [3.63, 3.8) is 0 Å². The van der Waals surface area contributed by atoms with Gasteiger partial charge in [0.15, 0.2) is 0 Å². The molecule has 29 heavy (non-hydrogen) atoms. The highest BCUT2D eigenvalue weighted by atomic mass is 16.5. The zero-order valence-electron chi connectivity index (χ0n) is 16.9. The predicted octanol–water partition coefficient (Wildman–Crippen LogP) is 4.24. The number of hydrogen-bond acceptors (Lipinski definition) is 4. The summed E-state index contributed by atoms with van der Waals surface area (Å²) in [6.45, 7) is 5.41. The molecule has 0 saturated heterocycles. The Hall–Kier alpha value is -3.15. The van der Waals surface area contributed by atoms with E-state index >= 15 is 0 Å². The van der Waals surface area contributed by atoms with E-state index in [1.54, 1.807) is 17.0 Å². The first-order chi connectivity index (χ1) is 14.0. The summed E-state index contributed by atoms with van der Waals surface area (Å²) in [6, 6.07) is 14.7. The number of fused-ring (bicyclic) bond motifs is 1. The zero-order valence-corrected chi connectivity index (χ0v) is 16.9. The van der Waals surface area contributed by atoms with Gasteiger partial charge in [-0.05, 0) is 43.0 Å². The van der Waals surface area contributed by atoms with Crippen molar-refractivity contribution in [2.75, 3.05) is 11.9 Å². The van der Waals surface area contributed by atoms with Crippen molar-refractivity contribution in [1.82, 2.24) is 9.55 Å². The minimum absolute atomic E-state index is 0.0812. The molecule has 6 heteroatoms. The van der Waals surface area contributed by atoms with Crippen LogP contribution in [0.3, 0.4) is 0 Å². The lowest BCUT2D eigenvalue weighted by atomic mass is 10.1. The van der Waals surface area contributed by atoms with E-state index in [4.69, 9.17) is 4.74 Å². The molecule has 0 aliphatic heterocycles. The highest BCUT2D eigenvalue weighted by molar-refractivity contribution is 5.90. The number of benzene rings is 2. The molecule has 3 rings (SSSR count). The molecule has 1 heterocycles. The number of amides is 1. The van der Waals surface area contributed by atoms with E-state index in [9.17, 15) is 9.59 Å². The molecule has 1 N–H and O–H groups in total.